The monoisotopic (exact) mass is 298 g/mol. The van der Waals surface area contributed by atoms with E-state index in [9.17, 15) is 4.79 Å². The first-order valence-corrected chi connectivity index (χ1v) is 8.28. The Kier molecular flexibility index (Phi) is 7.46. The Hall–Kier alpha value is -0.810. The van der Waals surface area contributed by atoms with E-state index in [1.54, 1.807) is 4.90 Å². The van der Waals surface area contributed by atoms with Crippen LogP contribution in [0.15, 0.2) is 0 Å². The van der Waals surface area contributed by atoms with Gasteiger partial charge in [0.25, 0.3) is 0 Å². The molecule has 1 heterocycles. The summed E-state index contributed by atoms with van der Waals surface area (Å²) in [7, 11) is 3.64. The Morgan fingerprint density at radius 1 is 1.14 bits per heavy atom. The highest BCUT2D eigenvalue weighted by molar-refractivity contribution is 5.73. The molecule has 0 atom stereocenters. The van der Waals surface area contributed by atoms with Gasteiger partial charge >= 0.3 is 6.03 Å². The van der Waals surface area contributed by atoms with Crippen LogP contribution in [-0.2, 0) is 0 Å². The van der Waals surface area contributed by atoms with Gasteiger partial charge in [0.2, 0.25) is 0 Å². The smallest absolute Gasteiger partial charge is 0.319 e. The topological polar surface area (TPSA) is 38.8 Å². The Bertz CT molecular complexity index is 301. The number of nitrogens with zero attached hydrogens (tertiary/aromatic N) is 3. The molecule has 0 bridgehead atoms. The second-order valence-corrected chi connectivity index (χ2v) is 6.82. The van der Waals surface area contributed by atoms with Crippen LogP contribution in [0, 0.1) is 0 Å². The minimum atomic E-state index is 0.138. The summed E-state index contributed by atoms with van der Waals surface area (Å²) in [4.78, 5) is 18.0. The average Bonchev–Trinajstić information content (AvgIpc) is 2.42. The van der Waals surface area contributed by atoms with E-state index < -0.39 is 0 Å². The SMILES string of the molecule is CC(C)N(CCNC1CCN(C(=O)N(C)C)CC1)C(C)C. The second-order valence-electron chi connectivity index (χ2n) is 6.82. The number of amides is 2. The fourth-order valence-corrected chi connectivity index (χ4v) is 3.07. The molecule has 1 aliphatic rings. The third-order valence-corrected chi connectivity index (χ3v) is 4.28. The molecular weight excluding hydrogens is 264 g/mol. The minimum Gasteiger partial charge on any atom is -0.331 e. The molecule has 1 N–H and O–H groups in total. The molecule has 0 aromatic carbocycles. The zero-order valence-corrected chi connectivity index (χ0v) is 14.7. The van der Waals surface area contributed by atoms with Crippen molar-refractivity contribution in [1.29, 1.82) is 0 Å². The predicted octanol–water partition coefficient (Wildman–Crippen LogP) is 1.84. The first-order valence-electron chi connectivity index (χ1n) is 8.28. The maximum Gasteiger partial charge on any atom is 0.319 e. The van der Waals surface area contributed by atoms with E-state index >= 15 is 0 Å². The van der Waals surface area contributed by atoms with E-state index in [0.29, 0.717) is 18.1 Å². The van der Waals surface area contributed by atoms with Crippen LogP contribution in [0.5, 0.6) is 0 Å². The molecule has 21 heavy (non-hydrogen) atoms. The predicted molar refractivity (Wildman–Crippen MR) is 88.7 cm³/mol. The fourth-order valence-electron chi connectivity index (χ4n) is 3.07. The lowest BCUT2D eigenvalue weighted by molar-refractivity contribution is 0.147. The van der Waals surface area contributed by atoms with Crippen LogP contribution in [0.4, 0.5) is 4.79 Å². The van der Waals surface area contributed by atoms with Crippen molar-refractivity contribution < 1.29 is 4.79 Å². The van der Waals surface area contributed by atoms with Gasteiger partial charge in [0.05, 0.1) is 0 Å². The van der Waals surface area contributed by atoms with Crippen molar-refractivity contribution in [1.82, 2.24) is 20.0 Å². The summed E-state index contributed by atoms with van der Waals surface area (Å²) in [6.07, 6.45) is 2.12. The third-order valence-electron chi connectivity index (χ3n) is 4.28. The quantitative estimate of drug-likeness (QED) is 0.813. The number of nitrogens with one attached hydrogen (secondary N) is 1. The number of carbonyl (C=O) groups excluding carboxylic acids is 1. The van der Waals surface area contributed by atoms with Gasteiger partial charge in [-0.25, -0.2) is 4.79 Å². The van der Waals surface area contributed by atoms with Crippen LogP contribution in [0.1, 0.15) is 40.5 Å². The number of piperidine rings is 1. The lowest BCUT2D eigenvalue weighted by atomic mass is 10.1. The van der Waals surface area contributed by atoms with Crippen molar-refractivity contribution in [3.05, 3.63) is 0 Å². The summed E-state index contributed by atoms with van der Waals surface area (Å²) in [5.74, 6) is 0. The third kappa shape index (κ3) is 5.83. The van der Waals surface area contributed by atoms with E-state index in [1.807, 2.05) is 19.0 Å². The Morgan fingerprint density at radius 2 is 1.67 bits per heavy atom. The zero-order chi connectivity index (χ0) is 16.0. The maximum absolute atomic E-state index is 11.9. The van der Waals surface area contributed by atoms with Gasteiger partial charge in [-0.15, -0.1) is 0 Å². The Balaban J connectivity index is 2.26. The largest absolute Gasteiger partial charge is 0.331 e. The Morgan fingerprint density at radius 3 is 2.10 bits per heavy atom. The highest BCUT2D eigenvalue weighted by Gasteiger charge is 2.23. The van der Waals surface area contributed by atoms with E-state index in [0.717, 1.165) is 39.0 Å². The normalized spacial score (nSPS) is 17.1. The molecule has 0 aliphatic carbocycles. The van der Waals surface area contributed by atoms with Crippen molar-refractivity contribution >= 4 is 6.03 Å². The summed E-state index contributed by atoms with van der Waals surface area (Å²) < 4.78 is 0. The number of urea groups is 1. The lowest BCUT2D eigenvalue weighted by Gasteiger charge is -2.35. The molecule has 5 nitrogen and oxygen atoms in total. The van der Waals surface area contributed by atoms with Crippen LogP contribution in [0.3, 0.4) is 0 Å². The summed E-state index contributed by atoms with van der Waals surface area (Å²) in [6.45, 7) is 12.9. The molecule has 0 unspecified atom stereocenters. The first kappa shape index (κ1) is 18.2. The van der Waals surface area contributed by atoms with Gasteiger partial charge < -0.3 is 15.1 Å². The van der Waals surface area contributed by atoms with Crippen molar-refractivity contribution in [3.63, 3.8) is 0 Å². The summed E-state index contributed by atoms with van der Waals surface area (Å²) in [6, 6.07) is 1.87. The first-order chi connectivity index (χ1) is 9.82. The lowest BCUT2D eigenvalue weighted by Crippen LogP contribution is -2.49. The highest BCUT2D eigenvalue weighted by Crippen LogP contribution is 2.12. The van der Waals surface area contributed by atoms with E-state index in [-0.39, 0.29) is 6.03 Å². The van der Waals surface area contributed by atoms with Gasteiger partial charge in [-0.3, -0.25) is 4.90 Å². The summed E-state index contributed by atoms with van der Waals surface area (Å²) >= 11 is 0. The highest BCUT2D eigenvalue weighted by atomic mass is 16.2. The molecule has 0 spiro atoms. The molecule has 1 saturated heterocycles. The fraction of sp³-hybridized carbons (Fsp3) is 0.938. The standard InChI is InChI=1S/C16H34N4O/c1-13(2)20(14(3)4)12-9-17-15-7-10-19(11-8-15)16(21)18(5)6/h13-15,17H,7-12H2,1-6H3. The van der Waals surface area contributed by atoms with Crippen LogP contribution in [0.25, 0.3) is 0 Å². The summed E-state index contributed by atoms with van der Waals surface area (Å²) in [5, 5.41) is 3.66. The number of carbonyl (C=O) groups is 1. The van der Waals surface area contributed by atoms with Crippen molar-refractivity contribution in [2.24, 2.45) is 0 Å². The van der Waals surface area contributed by atoms with Gasteiger partial charge in [-0.1, -0.05) is 0 Å². The van der Waals surface area contributed by atoms with Crippen LogP contribution in [0.2, 0.25) is 0 Å². The molecule has 5 heteroatoms. The molecule has 0 radical (unpaired) electrons. The van der Waals surface area contributed by atoms with Gasteiger partial charge in [0.1, 0.15) is 0 Å². The number of likely N-dealkylation sites (tertiary alicyclic amines) is 1. The van der Waals surface area contributed by atoms with Crippen molar-refractivity contribution in [2.75, 3.05) is 40.3 Å². The molecule has 0 aromatic heterocycles. The van der Waals surface area contributed by atoms with Gasteiger partial charge in [-0.05, 0) is 40.5 Å². The van der Waals surface area contributed by atoms with E-state index in [4.69, 9.17) is 0 Å². The van der Waals surface area contributed by atoms with Crippen molar-refractivity contribution in [2.45, 2.75) is 58.7 Å². The molecule has 0 saturated carbocycles. The number of hydrogen-bond donors (Lipinski definition) is 1. The number of rotatable bonds is 6. The molecule has 1 fully saturated rings. The average molecular weight is 298 g/mol. The van der Waals surface area contributed by atoms with Gasteiger partial charge in [0, 0.05) is 58.4 Å². The molecule has 124 valence electrons. The van der Waals surface area contributed by atoms with Crippen LogP contribution < -0.4 is 5.32 Å². The zero-order valence-electron chi connectivity index (χ0n) is 14.7. The van der Waals surface area contributed by atoms with E-state index in [1.165, 1.54) is 0 Å². The molecule has 1 aliphatic heterocycles. The second kappa shape index (κ2) is 8.59. The Labute approximate surface area is 130 Å². The molecule has 1 rings (SSSR count). The molecular formula is C16H34N4O. The maximum atomic E-state index is 11.9. The van der Waals surface area contributed by atoms with Gasteiger partial charge in [-0.2, -0.15) is 0 Å². The van der Waals surface area contributed by atoms with Gasteiger partial charge in [0.15, 0.2) is 0 Å². The van der Waals surface area contributed by atoms with E-state index in [2.05, 4.69) is 37.9 Å². The molecule has 2 amide bonds. The number of hydrogen-bond acceptors (Lipinski definition) is 3. The minimum absolute atomic E-state index is 0.138. The van der Waals surface area contributed by atoms with Crippen LogP contribution >= 0.6 is 0 Å². The van der Waals surface area contributed by atoms with Crippen LogP contribution in [-0.4, -0.2) is 79.1 Å². The van der Waals surface area contributed by atoms with Crippen molar-refractivity contribution in [3.8, 4) is 0 Å². The molecule has 0 aromatic rings. The summed E-state index contributed by atoms with van der Waals surface area (Å²) in [5.41, 5.74) is 0.